The smallest absolute Gasteiger partial charge is 0.225 e. The standard InChI is InChI=1S/C15H17ClN4/c16-14-4-1-3-13(11-14)12-19-7-9-20(10-8-19)15-17-5-2-6-18-15/h1-6,11H,7-10,12H2. The first-order chi connectivity index (χ1) is 9.81. The van der Waals surface area contributed by atoms with Gasteiger partial charge in [0, 0.05) is 50.1 Å². The first-order valence-corrected chi connectivity index (χ1v) is 7.18. The van der Waals surface area contributed by atoms with Crippen LogP contribution in [0, 0.1) is 0 Å². The van der Waals surface area contributed by atoms with Gasteiger partial charge in [0.15, 0.2) is 0 Å². The third-order valence-corrected chi connectivity index (χ3v) is 3.74. The molecular weight excluding hydrogens is 272 g/mol. The van der Waals surface area contributed by atoms with E-state index in [1.807, 2.05) is 24.3 Å². The van der Waals surface area contributed by atoms with Crippen molar-refractivity contribution in [2.24, 2.45) is 0 Å². The van der Waals surface area contributed by atoms with Crippen LogP contribution >= 0.6 is 11.6 Å². The maximum atomic E-state index is 6.02. The predicted molar refractivity (Wildman–Crippen MR) is 81.0 cm³/mol. The molecule has 20 heavy (non-hydrogen) atoms. The van der Waals surface area contributed by atoms with Crippen LogP contribution in [0.1, 0.15) is 5.56 Å². The van der Waals surface area contributed by atoms with Crippen LogP contribution in [-0.4, -0.2) is 41.0 Å². The fourth-order valence-corrected chi connectivity index (χ4v) is 2.67. The second kappa shape index (κ2) is 6.20. The van der Waals surface area contributed by atoms with Gasteiger partial charge in [0.05, 0.1) is 0 Å². The lowest BCUT2D eigenvalue weighted by Crippen LogP contribution is -2.46. The van der Waals surface area contributed by atoms with Crippen LogP contribution in [0.5, 0.6) is 0 Å². The van der Waals surface area contributed by atoms with Gasteiger partial charge in [0.1, 0.15) is 0 Å². The molecule has 2 heterocycles. The van der Waals surface area contributed by atoms with E-state index in [-0.39, 0.29) is 0 Å². The zero-order valence-corrected chi connectivity index (χ0v) is 12.0. The van der Waals surface area contributed by atoms with E-state index in [0.29, 0.717) is 0 Å². The summed E-state index contributed by atoms with van der Waals surface area (Å²) in [6.07, 6.45) is 3.58. The molecule has 1 aliphatic rings. The average Bonchev–Trinajstić information content (AvgIpc) is 2.49. The second-order valence-electron chi connectivity index (χ2n) is 4.94. The fourth-order valence-electron chi connectivity index (χ4n) is 2.45. The van der Waals surface area contributed by atoms with Gasteiger partial charge in [-0.1, -0.05) is 23.7 Å². The summed E-state index contributed by atoms with van der Waals surface area (Å²) in [5, 5.41) is 0.804. The summed E-state index contributed by atoms with van der Waals surface area (Å²) in [7, 11) is 0. The fraction of sp³-hybridized carbons (Fsp3) is 0.333. The molecule has 0 unspecified atom stereocenters. The Kier molecular flexibility index (Phi) is 4.14. The molecule has 0 radical (unpaired) electrons. The molecule has 0 amide bonds. The van der Waals surface area contributed by atoms with Crippen LogP contribution in [0.2, 0.25) is 5.02 Å². The first-order valence-electron chi connectivity index (χ1n) is 6.80. The lowest BCUT2D eigenvalue weighted by Gasteiger charge is -2.34. The van der Waals surface area contributed by atoms with E-state index >= 15 is 0 Å². The Bertz CT molecular complexity index is 553. The van der Waals surface area contributed by atoms with Gasteiger partial charge in [-0.2, -0.15) is 0 Å². The molecule has 5 heteroatoms. The summed E-state index contributed by atoms with van der Waals surface area (Å²) < 4.78 is 0. The van der Waals surface area contributed by atoms with Gasteiger partial charge < -0.3 is 4.90 Å². The Labute approximate surface area is 124 Å². The van der Waals surface area contributed by atoms with Crippen molar-refractivity contribution in [3.63, 3.8) is 0 Å². The third kappa shape index (κ3) is 3.26. The van der Waals surface area contributed by atoms with Gasteiger partial charge in [-0.15, -0.1) is 0 Å². The van der Waals surface area contributed by atoms with Crippen LogP contribution in [-0.2, 0) is 6.54 Å². The molecule has 1 saturated heterocycles. The second-order valence-corrected chi connectivity index (χ2v) is 5.38. The summed E-state index contributed by atoms with van der Waals surface area (Å²) >= 11 is 6.02. The van der Waals surface area contributed by atoms with Gasteiger partial charge in [-0.05, 0) is 23.8 Å². The van der Waals surface area contributed by atoms with Crippen molar-refractivity contribution in [3.05, 3.63) is 53.3 Å². The van der Waals surface area contributed by atoms with Crippen molar-refractivity contribution in [1.29, 1.82) is 0 Å². The van der Waals surface area contributed by atoms with Gasteiger partial charge in [0.25, 0.3) is 0 Å². The van der Waals surface area contributed by atoms with Crippen molar-refractivity contribution < 1.29 is 0 Å². The van der Waals surface area contributed by atoms with E-state index in [2.05, 4.69) is 25.8 Å². The van der Waals surface area contributed by atoms with Crippen LogP contribution in [0.25, 0.3) is 0 Å². The van der Waals surface area contributed by atoms with Crippen LogP contribution in [0.4, 0.5) is 5.95 Å². The molecule has 1 aromatic heterocycles. The highest BCUT2D eigenvalue weighted by molar-refractivity contribution is 6.30. The lowest BCUT2D eigenvalue weighted by atomic mass is 10.2. The molecule has 0 spiro atoms. The van der Waals surface area contributed by atoms with Crippen molar-refractivity contribution in [1.82, 2.24) is 14.9 Å². The number of aromatic nitrogens is 2. The minimum atomic E-state index is 0.804. The number of benzene rings is 1. The van der Waals surface area contributed by atoms with Crippen molar-refractivity contribution in [3.8, 4) is 0 Å². The quantitative estimate of drug-likeness (QED) is 0.868. The van der Waals surface area contributed by atoms with E-state index in [4.69, 9.17) is 11.6 Å². The molecule has 0 atom stereocenters. The van der Waals surface area contributed by atoms with Crippen LogP contribution in [0.15, 0.2) is 42.7 Å². The molecule has 0 bridgehead atoms. The largest absolute Gasteiger partial charge is 0.338 e. The number of hydrogen-bond acceptors (Lipinski definition) is 4. The average molecular weight is 289 g/mol. The molecule has 0 saturated carbocycles. The number of nitrogens with zero attached hydrogens (tertiary/aromatic N) is 4. The summed E-state index contributed by atoms with van der Waals surface area (Å²) in [5.41, 5.74) is 1.27. The van der Waals surface area contributed by atoms with E-state index in [0.717, 1.165) is 43.7 Å². The van der Waals surface area contributed by atoms with Crippen molar-refractivity contribution in [2.45, 2.75) is 6.54 Å². The zero-order valence-electron chi connectivity index (χ0n) is 11.2. The highest BCUT2D eigenvalue weighted by Gasteiger charge is 2.18. The monoisotopic (exact) mass is 288 g/mol. The van der Waals surface area contributed by atoms with E-state index in [9.17, 15) is 0 Å². The Morgan fingerprint density at radius 1 is 1.00 bits per heavy atom. The maximum Gasteiger partial charge on any atom is 0.225 e. The zero-order chi connectivity index (χ0) is 13.8. The Hall–Kier alpha value is -1.65. The highest BCUT2D eigenvalue weighted by atomic mass is 35.5. The van der Waals surface area contributed by atoms with E-state index in [1.165, 1.54) is 5.56 Å². The topological polar surface area (TPSA) is 32.3 Å². The van der Waals surface area contributed by atoms with E-state index in [1.54, 1.807) is 12.4 Å². The first kappa shape index (κ1) is 13.3. The van der Waals surface area contributed by atoms with Crippen LogP contribution < -0.4 is 4.90 Å². The lowest BCUT2D eigenvalue weighted by molar-refractivity contribution is 0.248. The molecule has 4 nitrogen and oxygen atoms in total. The maximum absolute atomic E-state index is 6.02. The Morgan fingerprint density at radius 3 is 2.45 bits per heavy atom. The van der Waals surface area contributed by atoms with Gasteiger partial charge in [-0.3, -0.25) is 4.90 Å². The number of hydrogen-bond donors (Lipinski definition) is 0. The molecule has 1 aliphatic heterocycles. The van der Waals surface area contributed by atoms with Crippen molar-refractivity contribution >= 4 is 17.5 Å². The van der Waals surface area contributed by atoms with E-state index < -0.39 is 0 Å². The molecule has 104 valence electrons. The normalized spacial score (nSPS) is 16.4. The van der Waals surface area contributed by atoms with Gasteiger partial charge >= 0.3 is 0 Å². The molecule has 1 aromatic carbocycles. The summed E-state index contributed by atoms with van der Waals surface area (Å²) in [6.45, 7) is 4.91. The Balaban J connectivity index is 1.56. The summed E-state index contributed by atoms with van der Waals surface area (Å²) in [4.78, 5) is 13.3. The third-order valence-electron chi connectivity index (χ3n) is 3.50. The number of rotatable bonds is 3. The van der Waals surface area contributed by atoms with Crippen LogP contribution in [0.3, 0.4) is 0 Å². The minimum Gasteiger partial charge on any atom is -0.338 e. The highest BCUT2D eigenvalue weighted by Crippen LogP contribution is 2.15. The number of anilines is 1. The Morgan fingerprint density at radius 2 is 1.75 bits per heavy atom. The number of piperazine rings is 1. The summed E-state index contributed by atoms with van der Waals surface area (Å²) in [5.74, 6) is 0.829. The van der Waals surface area contributed by atoms with Crippen molar-refractivity contribution in [2.75, 3.05) is 31.1 Å². The minimum absolute atomic E-state index is 0.804. The molecule has 1 fully saturated rings. The SMILES string of the molecule is Clc1cccc(CN2CCN(c3ncccn3)CC2)c1. The molecule has 0 N–H and O–H groups in total. The molecule has 2 aromatic rings. The number of halogens is 1. The predicted octanol–water partition coefficient (Wildman–Crippen LogP) is 2.45. The van der Waals surface area contributed by atoms with Gasteiger partial charge in [-0.25, -0.2) is 9.97 Å². The molecular formula is C15H17ClN4. The molecule has 3 rings (SSSR count). The summed E-state index contributed by atoms with van der Waals surface area (Å²) in [6, 6.07) is 9.92. The van der Waals surface area contributed by atoms with Gasteiger partial charge in [0.2, 0.25) is 5.95 Å². The molecule has 0 aliphatic carbocycles.